The van der Waals surface area contributed by atoms with E-state index < -0.39 is 30.8 Å². The number of piperidine rings is 1. The predicted octanol–water partition coefficient (Wildman–Crippen LogP) is 5.24. The highest BCUT2D eigenvalue weighted by Gasteiger charge is 2.53. The maximum Gasteiger partial charge on any atom is 0.412 e. The van der Waals surface area contributed by atoms with E-state index in [9.17, 15) is 18.0 Å². The van der Waals surface area contributed by atoms with Crippen LogP contribution in [0.1, 0.15) is 30.9 Å². The van der Waals surface area contributed by atoms with E-state index >= 15 is 0 Å². The van der Waals surface area contributed by atoms with E-state index in [-0.39, 0.29) is 11.3 Å². The first-order valence-electron chi connectivity index (χ1n) is 9.97. The molecule has 1 spiro atoms. The number of carbonyl (C=O) groups excluding carboxylic acids is 1. The van der Waals surface area contributed by atoms with Crippen molar-refractivity contribution in [2.24, 2.45) is 0 Å². The van der Waals surface area contributed by atoms with Crippen LogP contribution in [-0.4, -0.2) is 55.8 Å². The topological polar surface area (TPSA) is 57.2 Å². The number of hydrogen-bond acceptors (Lipinski definition) is 7. The Morgan fingerprint density at radius 2 is 1.97 bits per heavy atom. The molecule has 1 saturated heterocycles. The largest absolute Gasteiger partial charge is 0.447 e. The van der Waals surface area contributed by atoms with Gasteiger partial charge in [-0.2, -0.15) is 18.2 Å². The molecule has 0 saturated carbocycles. The van der Waals surface area contributed by atoms with E-state index in [2.05, 4.69) is 0 Å². The molecule has 2 heterocycles. The summed E-state index contributed by atoms with van der Waals surface area (Å²) in [6, 6.07) is 4.95. The highest BCUT2D eigenvalue weighted by Crippen LogP contribution is 2.55. The molecule has 1 atom stereocenters. The van der Waals surface area contributed by atoms with Crippen LogP contribution in [0.15, 0.2) is 24.0 Å². The molecule has 6 nitrogen and oxygen atoms in total. The standard InChI is InChI=1S/C20H24ClF3NO5PS/c1-4-27-25-9-7-19(8-10-25)17(30-31(3,32)28-12-20(22,23)24)16(18(26)29-19)15-6-5-14(21)11-13(15)2/h5-6,11H,4,7-10,12H2,1-3H3. The van der Waals surface area contributed by atoms with Crippen LogP contribution in [0, 0.1) is 6.92 Å². The van der Waals surface area contributed by atoms with Gasteiger partial charge in [-0.1, -0.05) is 17.7 Å². The zero-order valence-electron chi connectivity index (χ0n) is 17.8. The van der Waals surface area contributed by atoms with Gasteiger partial charge in [0.15, 0.2) is 18.0 Å². The summed E-state index contributed by atoms with van der Waals surface area (Å²) in [7, 11) is 0. The van der Waals surface area contributed by atoms with Crippen molar-refractivity contribution in [3.63, 3.8) is 0 Å². The average Bonchev–Trinajstić information content (AvgIpc) is 2.93. The van der Waals surface area contributed by atoms with E-state index in [1.165, 1.54) is 6.66 Å². The monoisotopic (exact) mass is 513 g/mol. The molecule has 1 fully saturated rings. The molecule has 3 rings (SSSR count). The van der Waals surface area contributed by atoms with Crippen LogP contribution in [-0.2, 0) is 35.2 Å². The summed E-state index contributed by atoms with van der Waals surface area (Å²) in [5.74, 6) is -0.502. The second-order valence-electron chi connectivity index (χ2n) is 7.65. The number of benzene rings is 1. The molecule has 178 valence electrons. The van der Waals surface area contributed by atoms with Crippen LogP contribution in [0.3, 0.4) is 0 Å². The lowest BCUT2D eigenvalue weighted by Gasteiger charge is -2.39. The molecule has 1 aromatic rings. The summed E-state index contributed by atoms with van der Waals surface area (Å²) in [6.45, 7) is 1.35. The molecule has 2 aliphatic rings. The Morgan fingerprint density at radius 3 is 2.53 bits per heavy atom. The summed E-state index contributed by atoms with van der Waals surface area (Å²) >= 11 is 11.3. The predicted molar refractivity (Wildman–Crippen MR) is 118 cm³/mol. The van der Waals surface area contributed by atoms with E-state index in [1.807, 2.05) is 6.92 Å². The van der Waals surface area contributed by atoms with Gasteiger partial charge in [-0.05, 0) is 48.9 Å². The number of halogens is 4. The summed E-state index contributed by atoms with van der Waals surface area (Å²) < 4.78 is 54.9. The summed E-state index contributed by atoms with van der Waals surface area (Å²) in [6.07, 6.45) is -3.90. The van der Waals surface area contributed by atoms with Crippen LogP contribution in [0.5, 0.6) is 0 Å². The van der Waals surface area contributed by atoms with Crippen LogP contribution in [0.25, 0.3) is 5.57 Å². The maximum atomic E-state index is 13.0. The van der Waals surface area contributed by atoms with Crippen molar-refractivity contribution in [1.29, 1.82) is 0 Å². The first-order chi connectivity index (χ1) is 14.9. The number of hydrogen-bond donors (Lipinski definition) is 0. The molecule has 32 heavy (non-hydrogen) atoms. The lowest BCUT2D eigenvalue weighted by molar-refractivity contribution is -0.194. The molecular weight excluding hydrogens is 490 g/mol. The molecule has 0 radical (unpaired) electrons. The molecular formula is C20H24ClF3NO5PS. The van der Waals surface area contributed by atoms with Gasteiger partial charge in [0.05, 0.1) is 6.61 Å². The third-order valence-corrected chi connectivity index (χ3v) is 7.04. The van der Waals surface area contributed by atoms with E-state index in [0.29, 0.717) is 48.7 Å². The molecule has 0 amide bonds. The third-order valence-electron chi connectivity index (χ3n) is 5.15. The quantitative estimate of drug-likeness (QED) is 0.365. The second-order valence-corrected chi connectivity index (χ2v) is 12.1. The van der Waals surface area contributed by atoms with Crippen molar-refractivity contribution in [2.45, 2.75) is 38.5 Å². The number of aryl methyl sites for hydroxylation is 1. The van der Waals surface area contributed by atoms with Crippen molar-refractivity contribution < 1.29 is 36.6 Å². The molecule has 12 heteroatoms. The minimum Gasteiger partial charge on any atom is -0.447 e. The average molecular weight is 514 g/mol. The van der Waals surface area contributed by atoms with Gasteiger partial charge in [0.2, 0.25) is 6.49 Å². The van der Waals surface area contributed by atoms with E-state index in [4.69, 9.17) is 42.0 Å². The molecule has 0 bridgehead atoms. The Kier molecular flexibility index (Phi) is 7.64. The van der Waals surface area contributed by atoms with E-state index in [1.54, 1.807) is 30.2 Å². The number of esters is 1. The molecule has 0 aromatic heterocycles. The van der Waals surface area contributed by atoms with Crippen LogP contribution in [0.4, 0.5) is 13.2 Å². The first-order valence-corrected chi connectivity index (χ1v) is 13.4. The zero-order valence-corrected chi connectivity index (χ0v) is 20.3. The fraction of sp³-hybridized carbons (Fsp3) is 0.550. The summed E-state index contributed by atoms with van der Waals surface area (Å²) in [5, 5.41) is 2.24. The first kappa shape index (κ1) is 25.5. The Bertz CT molecular complexity index is 963. The van der Waals surface area contributed by atoms with Crippen LogP contribution >= 0.6 is 18.1 Å². The van der Waals surface area contributed by atoms with Crippen molar-refractivity contribution in [1.82, 2.24) is 5.06 Å². The second kappa shape index (κ2) is 9.60. The minimum atomic E-state index is -4.56. The normalized spacial score (nSPS) is 21.0. The highest BCUT2D eigenvalue weighted by molar-refractivity contribution is 8.09. The molecule has 0 aliphatic carbocycles. The van der Waals surface area contributed by atoms with Crippen molar-refractivity contribution in [3.05, 3.63) is 40.1 Å². The van der Waals surface area contributed by atoms with Crippen molar-refractivity contribution in [2.75, 3.05) is 33.0 Å². The van der Waals surface area contributed by atoms with Crippen LogP contribution in [0.2, 0.25) is 5.02 Å². The summed E-state index contributed by atoms with van der Waals surface area (Å²) in [5.41, 5.74) is 0.184. The zero-order chi connectivity index (χ0) is 23.7. The Labute approximate surface area is 194 Å². The Balaban J connectivity index is 2.03. The SMILES string of the molecule is CCON1CCC2(CC1)OC(=O)C(c1ccc(Cl)cc1C)=C2OP(C)(=S)OCC(F)(F)F. The van der Waals surface area contributed by atoms with Gasteiger partial charge in [0.25, 0.3) is 0 Å². The number of alkyl halides is 3. The number of nitrogens with zero attached hydrogens (tertiary/aromatic N) is 1. The smallest absolute Gasteiger partial charge is 0.412 e. The molecule has 1 unspecified atom stereocenters. The Hall–Kier alpha value is -1.16. The van der Waals surface area contributed by atoms with Gasteiger partial charge < -0.3 is 13.8 Å². The molecule has 2 aliphatic heterocycles. The van der Waals surface area contributed by atoms with E-state index in [0.717, 1.165) is 0 Å². The Morgan fingerprint density at radius 1 is 1.31 bits per heavy atom. The van der Waals surface area contributed by atoms with Gasteiger partial charge in [0, 0.05) is 37.6 Å². The van der Waals surface area contributed by atoms with Gasteiger partial charge in [-0.15, -0.1) is 0 Å². The maximum absolute atomic E-state index is 13.0. The van der Waals surface area contributed by atoms with Gasteiger partial charge in [-0.3, -0.25) is 4.84 Å². The number of rotatable bonds is 7. The molecule has 0 N–H and O–H groups in total. The van der Waals surface area contributed by atoms with Crippen molar-refractivity contribution in [3.8, 4) is 0 Å². The fourth-order valence-electron chi connectivity index (χ4n) is 3.73. The lowest BCUT2D eigenvalue weighted by Crippen LogP contribution is -2.46. The molecule has 1 aromatic carbocycles. The number of hydroxylamine groups is 2. The van der Waals surface area contributed by atoms with Gasteiger partial charge >= 0.3 is 12.1 Å². The van der Waals surface area contributed by atoms with Gasteiger partial charge in [-0.25, -0.2) is 4.79 Å². The third kappa shape index (κ3) is 5.85. The minimum absolute atomic E-state index is 0.122. The number of carbonyl (C=O) groups is 1. The van der Waals surface area contributed by atoms with Crippen LogP contribution < -0.4 is 0 Å². The number of ether oxygens (including phenoxy) is 1. The highest BCUT2D eigenvalue weighted by atomic mass is 35.5. The lowest BCUT2D eigenvalue weighted by atomic mass is 9.87. The van der Waals surface area contributed by atoms with Crippen molar-refractivity contribution >= 4 is 41.4 Å². The summed E-state index contributed by atoms with van der Waals surface area (Å²) in [4.78, 5) is 18.6. The van der Waals surface area contributed by atoms with Gasteiger partial charge in [0.1, 0.15) is 5.57 Å². The fourth-order valence-corrected chi connectivity index (χ4v) is 5.37.